The Bertz CT molecular complexity index is 1340. The van der Waals surface area contributed by atoms with Gasteiger partial charge in [-0.3, -0.25) is 0 Å². The van der Waals surface area contributed by atoms with Crippen LogP contribution < -0.4 is 0 Å². The van der Waals surface area contributed by atoms with Gasteiger partial charge in [-0.25, -0.2) is 0 Å². The van der Waals surface area contributed by atoms with Gasteiger partial charge in [0.25, 0.3) is 0 Å². The highest BCUT2D eigenvalue weighted by Gasteiger charge is 2.53. The Kier molecular flexibility index (Phi) is 4.48. The molecule has 0 spiro atoms. The van der Waals surface area contributed by atoms with E-state index >= 15 is 0 Å². The highest BCUT2D eigenvalue weighted by molar-refractivity contribution is 6.10. The van der Waals surface area contributed by atoms with Crippen LogP contribution >= 0.6 is 0 Å². The summed E-state index contributed by atoms with van der Waals surface area (Å²) in [5.41, 5.74) is 3.23. The first kappa shape index (κ1) is 19.4. The van der Waals surface area contributed by atoms with Crippen LogP contribution in [0.2, 0.25) is 0 Å². The molecule has 3 aromatic rings. The van der Waals surface area contributed by atoms with E-state index in [2.05, 4.69) is 18.2 Å². The van der Waals surface area contributed by atoms with Crippen molar-refractivity contribution in [2.24, 2.45) is 23.7 Å². The van der Waals surface area contributed by atoms with Crippen molar-refractivity contribution in [2.75, 3.05) is 0 Å². The molecule has 0 radical (unpaired) electrons. The van der Waals surface area contributed by atoms with Crippen LogP contribution in [-0.4, -0.2) is 0 Å². The molecule has 3 saturated carbocycles. The number of fused-ring (bicyclic) bond motifs is 6. The maximum absolute atomic E-state index is 10.3. The fraction of sp³-hybridized carbons (Fsp3) is 0.464. The van der Waals surface area contributed by atoms with E-state index in [1.54, 1.807) is 0 Å². The lowest BCUT2D eigenvalue weighted by Crippen LogP contribution is -2.22. The lowest BCUT2D eigenvalue weighted by molar-refractivity contribution is 0.184. The summed E-state index contributed by atoms with van der Waals surface area (Å²) >= 11 is 0. The van der Waals surface area contributed by atoms with Crippen molar-refractivity contribution in [1.29, 1.82) is 15.8 Å². The summed E-state index contributed by atoms with van der Waals surface area (Å²) in [6.07, 6.45) is 10.0. The van der Waals surface area contributed by atoms with Crippen LogP contribution in [0.1, 0.15) is 79.5 Å². The molecule has 0 aliphatic heterocycles. The van der Waals surface area contributed by atoms with Gasteiger partial charge in [-0.05, 0) is 61.3 Å². The van der Waals surface area contributed by atoms with Crippen LogP contribution in [0, 0.1) is 57.7 Å². The fourth-order valence-corrected chi connectivity index (χ4v) is 7.72. The standard InChI is InChI=1S/C28H25N3O/c29-13-21-22(14-30)26-20-11-5-6-12-24(20)32-28(26)27(23(21)15-31)25-18-9-3-1-7-16(18)17-8-2-4-10-19(17)25/h5-6,11-12,16-19,25H,1-4,7-10H2. The molecule has 4 heteroatoms. The van der Waals surface area contributed by atoms with E-state index in [0.717, 1.165) is 21.9 Å². The molecule has 0 saturated heterocycles. The molecule has 158 valence electrons. The van der Waals surface area contributed by atoms with Crippen LogP contribution in [0.15, 0.2) is 28.7 Å². The molecule has 3 fully saturated rings. The van der Waals surface area contributed by atoms with Crippen LogP contribution in [0.4, 0.5) is 0 Å². The van der Waals surface area contributed by atoms with Gasteiger partial charge in [-0.15, -0.1) is 0 Å². The van der Waals surface area contributed by atoms with Gasteiger partial charge in [0.15, 0.2) is 0 Å². The minimum Gasteiger partial charge on any atom is -0.456 e. The average molecular weight is 420 g/mol. The molecule has 32 heavy (non-hydrogen) atoms. The van der Waals surface area contributed by atoms with Crippen molar-refractivity contribution in [3.05, 3.63) is 46.5 Å². The summed E-state index contributed by atoms with van der Waals surface area (Å²) in [7, 11) is 0. The monoisotopic (exact) mass is 419 g/mol. The molecule has 0 amide bonds. The number of hydrogen-bond donors (Lipinski definition) is 0. The third-order valence-corrected chi connectivity index (χ3v) is 8.75. The van der Waals surface area contributed by atoms with E-state index in [0.29, 0.717) is 34.8 Å². The van der Waals surface area contributed by atoms with Crippen LogP contribution in [0.25, 0.3) is 21.9 Å². The summed E-state index contributed by atoms with van der Waals surface area (Å²) in [5.74, 6) is 2.75. The Hall–Kier alpha value is -3.29. The van der Waals surface area contributed by atoms with E-state index in [1.165, 1.54) is 51.4 Å². The second-order valence-electron chi connectivity index (χ2n) is 9.93. The van der Waals surface area contributed by atoms with Crippen molar-refractivity contribution in [3.8, 4) is 18.2 Å². The minimum atomic E-state index is 0.232. The molecule has 3 aliphatic rings. The largest absolute Gasteiger partial charge is 0.456 e. The molecule has 4 nitrogen and oxygen atoms in total. The number of para-hydroxylation sites is 1. The molecule has 2 aromatic carbocycles. The number of rotatable bonds is 1. The topological polar surface area (TPSA) is 84.5 Å². The first-order valence-electron chi connectivity index (χ1n) is 12.0. The van der Waals surface area contributed by atoms with Crippen LogP contribution in [0.3, 0.4) is 0 Å². The normalized spacial score (nSPS) is 29.1. The first-order valence-corrected chi connectivity index (χ1v) is 12.0. The van der Waals surface area contributed by atoms with Crippen LogP contribution in [-0.2, 0) is 0 Å². The molecule has 4 unspecified atom stereocenters. The maximum Gasteiger partial charge on any atom is 0.141 e. The second kappa shape index (κ2) is 7.39. The minimum absolute atomic E-state index is 0.232. The molecule has 3 aliphatic carbocycles. The smallest absolute Gasteiger partial charge is 0.141 e. The van der Waals surface area contributed by atoms with E-state index in [4.69, 9.17) is 4.42 Å². The average Bonchev–Trinajstić information content (AvgIpc) is 3.39. The summed E-state index contributed by atoms with van der Waals surface area (Å²) in [6.45, 7) is 0. The fourth-order valence-electron chi connectivity index (χ4n) is 7.72. The number of nitrogens with zero attached hydrogens (tertiary/aromatic N) is 3. The van der Waals surface area contributed by atoms with Gasteiger partial charge in [0.2, 0.25) is 0 Å². The summed E-state index contributed by atoms with van der Waals surface area (Å²) in [6, 6.07) is 14.6. The van der Waals surface area contributed by atoms with Crippen molar-refractivity contribution in [1.82, 2.24) is 0 Å². The van der Waals surface area contributed by atoms with Gasteiger partial charge in [-0.1, -0.05) is 43.9 Å². The maximum atomic E-state index is 10.3. The van der Waals surface area contributed by atoms with Gasteiger partial charge in [0.05, 0.1) is 16.7 Å². The third-order valence-electron chi connectivity index (χ3n) is 8.75. The van der Waals surface area contributed by atoms with Gasteiger partial charge < -0.3 is 4.42 Å². The van der Waals surface area contributed by atoms with Crippen molar-refractivity contribution in [2.45, 2.75) is 57.3 Å². The van der Waals surface area contributed by atoms with Gasteiger partial charge in [0, 0.05) is 16.3 Å². The Labute approximate surface area is 188 Å². The van der Waals surface area contributed by atoms with Gasteiger partial charge in [0.1, 0.15) is 29.4 Å². The molecular formula is C28H25N3O. The molecule has 4 atom stereocenters. The van der Waals surface area contributed by atoms with E-state index in [9.17, 15) is 15.8 Å². The zero-order valence-corrected chi connectivity index (χ0v) is 18.1. The number of hydrogen-bond acceptors (Lipinski definition) is 4. The molecule has 1 heterocycles. The predicted octanol–water partition coefficient (Wildman–Crippen LogP) is 6.91. The third kappa shape index (κ3) is 2.52. The van der Waals surface area contributed by atoms with Crippen molar-refractivity contribution in [3.63, 3.8) is 0 Å². The van der Waals surface area contributed by atoms with Crippen molar-refractivity contribution >= 4 is 21.9 Å². The number of nitriles is 3. The predicted molar refractivity (Wildman–Crippen MR) is 122 cm³/mol. The van der Waals surface area contributed by atoms with Crippen molar-refractivity contribution < 1.29 is 4.42 Å². The Morgan fingerprint density at radius 1 is 0.688 bits per heavy atom. The molecule has 1 aromatic heterocycles. The zero-order valence-electron chi connectivity index (χ0n) is 18.1. The molecular weight excluding hydrogens is 394 g/mol. The van der Waals surface area contributed by atoms with E-state index < -0.39 is 0 Å². The quantitative estimate of drug-likeness (QED) is 0.429. The summed E-state index contributed by atoms with van der Waals surface area (Å²) in [4.78, 5) is 0. The lowest BCUT2D eigenvalue weighted by atomic mass is 9.72. The van der Waals surface area contributed by atoms with Gasteiger partial charge >= 0.3 is 0 Å². The molecule has 0 bridgehead atoms. The Morgan fingerprint density at radius 3 is 1.84 bits per heavy atom. The highest BCUT2D eigenvalue weighted by Crippen LogP contribution is 2.62. The SMILES string of the molecule is N#Cc1c(C#N)c(C#N)c2c(oc3ccccc32)c1C1C2CCCCC2C2CCCCC21. The Balaban J connectivity index is 1.72. The number of benzene rings is 2. The van der Waals surface area contributed by atoms with E-state index in [1.807, 2.05) is 24.3 Å². The summed E-state index contributed by atoms with van der Waals surface area (Å²) < 4.78 is 6.43. The molecule has 6 rings (SSSR count). The summed E-state index contributed by atoms with van der Waals surface area (Å²) in [5, 5.41) is 32.0. The Morgan fingerprint density at radius 2 is 1.25 bits per heavy atom. The molecule has 0 N–H and O–H groups in total. The zero-order chi connectivity index (χ0) is 21.8. The second-order valence-corrected chi connectivity index (χ2v) is 9.93. The highest BCUT2D eigenvalue weighted by atomic mass is 16.3. The first-order chi connectivity index (χ1) is 15.8. The van der Waals surface area contributed by atoms with E-state index in [-0.39, 0.29) is 17.0 Å². The lowest BCUT2D eigenvalue weighted by Gasteiger charge is -2.32. The van der Waals surface area contributed by atoms with Crippen LogP contribution in [0.5, 0.6) is 0 Å². The number of furan rings is 1. The van der Waals surface area contributed by atoms with Gasteiger partial charge in [-0.2, -0.15) is 15.8 Å².